The molecular weight excluding hydrogens is 380 g/mol. The lowest BCUT2D eigenvalue weighted by atomic mass is 10.2. The zero-order chi connectivity index (χ0) is 21.0. The molecule has 1 aliphatic rings. The highest BCUT2D eigenvalue weighted by molar-refractivity contribution is 5.89. The number of nitrogens with zero attached hydrogens (tertiary/aromatic N) is 2. The molecule has 3 rings (SSSR count). The van der Waals surface area contributed by atoms with E-state index in [9.17, 15) is 9.59 Å². The maximum absolute atomic E-state index is 11.9. The summed E-state index contributed by atoms with van der Waals surface area (Å²) in [5.41, 5.74) is 1.20. The predicted molar refractivity (Wildman–Crippen MR) is 116 cm³/mol. The summed E-state index contributed by atoms with van der Waals surface area (Å²) in [5.74, 6) is -0.512. The minimum Gasteiger partial charge on any atom is -0.462 e. The number of benzene rings is 2. The summed E-state index contributed by atoms with van der Waals surface area (Å²) in [4.78, 5) is 28.6. The second-order valence-electron chi connectivity index (χ2n) is 7.39. The van der Waals surface area contributed by atoms with Crippen LogP contribution < -0.4 is 0 Å². The van der Waals surface area contributed by atoms with Crippen molar-refractivity contribution in [3.63, 3.8) is 0 Å². The van der Waals surface area contributed by atoms with E-state index in [2.05, 4.69) is 9.80 Å². The molecule has 0 aliphatic carbocycles. The minimum atomic E-state index is -0.256. The Balaban J connectivity index is 1.21. The molecule has 0 radical (unpaired) electrons. The van der Waals surface area contributed by atoms with Crippen molar-refractivity contribution in [3.8, 4) is 0 Å². The highest BCUT2D eigenvalue weighted by atomic mass is 16.5. The third-order valence-corrected chi connectivity index (χ3v) is 5.19. The number of ether oxygens (including phenoxy) is 2. The molecule has 0 atom stereocenters. The summed E-state index contributed by atoms with van der Waals surface area (Å²) in [7, 11) is 0. The Morgan fingerprint density at radius 2 is 1.00 bits per heavy atom. The Hall–Kier alpha value is -2.70. The maximum Gasteiger partial charge on any atom is 0.338 e. The van der Waals surface area contributed by atoms with Crippen molar-refractivity contribution < 1.29 is 19.1 Å². The summed E-state index contributed by atoms with van der Waals surface area (Å²) in [6.07, 6.45) is 1.68. The van der Waals surface area contributed by atoms with Crippen LogP contribution in [0, 0.1) is 0 Å². The summed E-state index contributed by atoms with van der Waals surface area (Å²) in [6.45, 7) is 6.80. The third-order valence-electron chi connectivity index (χ3n) is 5.19. The molecule has 0 N–H and O–H groups in total. The number of hydrogen-bond donors (Lipinski definition) is 0. The van der Waals surface area contributed by atoms with Crippen molar-refractivity contribution >= 4 is 11.9 Å². The van der Waals surface area contributed by atoms with Gasteiger partial charge in [-0.25, -0.2) is 9.59 Å². The van der Waals surface area contributed by atoms with E-state index in [1.807, 2.05) is 36.4 Å². The predicted octanol–water partition coefficient (Wildman–Crippen LogP) is 3.10. The average Bonchev–Trinajstić information content (AvgIpc) is 2.81. The standard InChI is InChI=1S/C24H30N2O4/c27-23(21-9-3-1-4-10-21)29-19-7-13-25-15-17-26(18-16-25)14-8-20-30-24(28)22-11-5-2-6-12-22/h1-6,9-12H,7-8,13-20H2. The Labute approximate surface area is 178 Å². The molecule has 30 heavy (non-hydrogen) atoms. The lowest BCUT2D eigenvalue weighted by molar-refractivity contribution is 0.0448. The maximum atomic E-state index is 11.9. The highest BCUT2D eigenvalue weighted by Gasteiger charge is 2.16. The van der Waals surface area contributed by atoms with Gasteiger partial charge in [0.25, 0.3) is 0 Å². The third kappa shape index (κ3) is 7.28. The monoisotopic (exact) mass is 410 g/mol. The molecule has 1 saturated heterocycles. The molecule has 1 fully saturated rings. The first-order chi connectivity index (χ1) is 14.7. The normalized spacial score (nSPS) is 14.9. The molecule has 6 heteroatoms. The average molecular weight is 411 g/mol. The topological polar surface area (TPSA) is 59.1 Å². The molecule has 0 saturated carbocycles. The number of carbonyl (C=O) groups excluding carboxylic acids is 2. The van der Waals surface area contributed by atoms with Gasteiger partial charge in [-0.05, 0) is 37.1 Å². The van der Waals surface area contributed by atoms with Crippen molar-refractivity contribution in [2.45, 2.75) is 12.8 Å². The van der Waals surface area contributed by atoms with Crippen molar-refractivity contribution in [1.29, 1.82) is 0 Å². The molecule has 2 aromatic rings. The molecule has 1 aliphatic heterocycles. The van der Waals surface area contributed by atoms with E-state index in [0.29, 0.717) is 24.3 Å². The summed E-state index contributed by atoms with van der Waals surface area (Å²) in [6, 6.07) is 18.2. The van der Waals surface area contributed by atoms with Gasteiger partial charge in [0, 0.05) is 39.3 Å². The fourth-order valence-corrected chi connectivity index (χ4v) is 3.46. The van der Waals surface area contributed by atoms with Crippen molar-refractivity contribution in [1.82, 2.24) is 9.80 Å². The Kier molecular flexibility index (Phi) is 8.87. The van der Waals surface area contributed by atoms with Crippen LogP contribution in [0.1, 0.15) is 33.6 Å². The summed E-state index contributed by atoms with van der Waals surface area (Å²) in [5, 5.41) is 0. The van der Waals surface area contributed by atoms with E-state index in [-0.39, 0.29) is 11.9 Å². The Morgan fingerprint density at radius 1 is 0.633 bits per heavy atom. The molecule has 6 nitrogen and oxygen atoms in total. The molecular formula is C24H30N2O4. The van der Waals surface area contributed by atoms with Crippen LogP contribution in [0.4, 0.5) is 0 Å². The molecule has 160 valence electrons. The van der Waals surface area contributed by atoms with Gasteiger partial charge in [-0.2, -0.15) is 0 Å². The quantitative estimate of drug-likeness (QED) is 0.443. The number of carbonyl (C=O) groups is 2. The molecule has 0 bridgehead atoms. The van der Waals surface area contributed by atoms with Gasteiger partial charge in [0.1, 0.15) is 0 Å². The Bertz CT molecular complexity index is 707. The lowest BCUT2D eigenvalue weighted by Gasteiger charge is -2.34. The molecule has 0 aromatic heterocycles. The van der Waals surface area contributed by atoms with Crippen LogP contribution in [0.25, 0.3) is 0 Å². The van der Waals surface area contributed by atoms with E-state index in [4.69, 9.17) is 9.47 Å². The van der Waals surface area contributed by atoms with Gasteiger partial charge in [0.05, 0.1) is 24.3 Å². The second-order valence-corrected chi connectivity index (χ2v) is 7.39. The lowest BCUT2D eigenvalue weighted by Crippen LogP contribution is -2.47. The SMILES string of the molecule is O=C(OCCCN1CCN(CCCOC(=O)c2ccccc2)CC1)c1ccccc1. The molecule has 0 spiro atoms. The van der Waals surface area contributed by atoms with Crippen LogP contribution in [-0.4, -0.2) is 74.2 Å². The van der Waals surface area contributed by atoms with E-state index < -0.39 is 0 Å². The second kappa shape index (κ2) is 12.1. The van der Waals surface area contributed by atoms with Gasteiger partial charge >= 0.3 is 11.9 Å². The number of piperazine rings is 1. The first kappa shape index (κ1) is 22.0. The van der Waals surface area contributed by atoms with E-state index >= 15 is 0 Å². The fourth-order valence-electron chi connectivity index (χ4n) is 3.46. The van der Waals surface area contributed by atoms with Crippen LogP contribution >= 0.6 is 0 Å². The molecule has 2 aromatic carbocycles. The summed E-state index contributed by atoms with van der Waals surface area (Å²) >= 11 is 0. The van der Waals surface area contributed by atoms with E-state index in [0.717, 1.165) is 52.1 Å². The Morgan fingerprint density at radius 3 is 1.37 bits per heavy atom. The fraction of sp³-hybridized carbons (Fsp3) is 0.417. The van der Waals surface area contributed by atoms with Crippen molar-refractivity contribution in [2.24, 2.45) is 0 Å². The number of esters is 2. The minimum absolute atomic E-state index is 0.256. The first-order valence-electron chi connectivity index (χ1n) is 10.6. The zero-order valence-electron chi connectivity index (χ0n) is 17.4. The van der Waals surface area contributed by atoms with Crippen molar-refractivity contribution in [2.75, 3.05) is 52.5 Å². The van der Waals surface area contributed by atoms with E-state index in [1.165, 1.54) is 0 Å². The highest BCUT2D eigenvalue weighted by Crippen LogP contribution is 2.06. The van der Waals surface area contributed by atoms with E-state index in [1.54, 1.807) is 24.3 Å². The summed E-state index contributed by atoms with van der Waals surface area (Å²) < 4.78 is 10.7. The van der Waals surface area contributed by atoms with Crippen LogP contribution in [0.2, 0.25) is 0 Å². The van der Waals surface area contributed by atoms with Crippen LogP contribution in [0.15, 0.2) is 60.7 Å². The van der Waals surface area contributed by atoms with Gasteiger partial charge in [-0.3, -0.25) is 0 Å². The van der Waals surface area contributed by atoms with Crippen LogP contribution in [-0.2, 0) is 9.47 Å². The largest absolute Gasteiger partial charge is 0.462 e. The van der Waals surface area contributed by atoms with Gasteiger partial charge in [0.2, 0.25) is 0 Å². The molecule has 1 heterocycles. The zero-order valence-corrected chi connectivity index (χ0v) is 17.4. The van der Waals surface area contributed by atoms with Gasteiger partial charge in [-0.15, -0.1) is 0 Å². The van der Waals surface area contributed by atoms with Crippen LogP contribution in [0.3, 0.4) is 0 Å². The number of hydrogen-bond acceptors (Lipinski definition) is 6. The van der Waals surface area contributed by atoms with Crippen molar-refractivity contribution in [3.05, 3.63) is 71.8 Å². The van der Waals surface area contributed by atoms with Gasteiger partial charge in [-0.1, -0.05) is 36.4 Å². The van der Waals surface area contributed by atoms with Gasteiger partial charge in [0.15, 0.2) is 0 Å². The van der Waals surface area contributed by atoms with Crippen LogP contribution in [0.5, 0.6) is 0 Å². The molecule has 0 amide bonds. The van der Waals surface area contributed by atoms with Gasteiger partial charge < -0.3 is 19.3 Å². The number of rotatable bonds is 10. The molecule has 0 unspecified atom stereocenters. The first-order valence-corrected chi connectivity index (χ1v) is 10.6. The smallest absolute Gasteiger partial charge is 0.338 e.